The minimum Gasteiger partial charge on any atom is -0.412 e. The van der Waals surface area contributed by atoms with Crippen LogP contribution in [0.2, 0.25) is 0 Å². The normalized spacial score (nSPS) is 15.6. The van der Waals surface area contributed by atoms with E-state index in [2.05, 4.69) is 22.1 Å². The number of benzene rings is 2. The Bertz CT molecular complexity index is 1330. The molecule has 1 aromatic heterocycles. The number of pyridine rings is 1. The number of aliphatic hydroxyl groups excluding tert-OH is 2. The van der Waals surface area contributed by atoms with Gasteiger partial charge in [-0.2, -0.15) is 0 Å². The minimum absolute atomic E-state index is 0. The van der Waals surface area contributed by atoms with Crippen molar-refractivity contribution in [2.75, 3.05) is 13.2 Å². The van der Waals surface area contributed by atoms with Gasteiger partial charge in [-0.25, -0.2) is 0 Å². The molecule has 2 aliphatic rings. The summed E-state index contributed by atoms with van der Waals surface area (Å²) in [5.41, 5.74) is 3.17. The van der Waals surface area contributed by atoms with E-state index < -0.39 is 11.7 Å². The molecule has 6 N–H and O–H groups in total. The van der Waals surface area contributed by atoms with Gasteiger partial charge in [-0.3, -0.25) is 9.78 Å². The average molecular weight is 584 g/mol. The number of nitrogens with zero attached hydrogens (tertiary/aromatic N) is 1. The molecule has 0 bridgehead atoms. The maximum absolute atomic E-state index is 13.3. The number of Topliss-reactive ketones (excluding diaryl/α,β-unsaturated/α-hetero) is 1. The van der Waals surface area contributed by atoms with Crippen molar-refractivity contribution in [3.05, 3.63) is 71.4 Å². The van der Waals surface area contributed by atoms with Crippen LogP contribution in [0.5, 0.6) is 11.5 Å². The highest BCUT2D eigenvalue weighted by Crippen LogP contribution is 2.52. The summed E-state index contributed by atoms with van der Waals surface area (Å²) >= 11 is 4.32. The van der Waals surface area contributed by atoms with E-state index in [1.807, 2.05) is 43.3 Å². The zero-order valence-corrected chi connectivity index (χ0v) is 23.4. The Labute approximate surface area is 240 Å². The number of ether oxygens (including phenoxy) is 2. The van der Waals surface area contributed by atoms with Crippen LogP contribution in [0.1, 0.15) is 46.4 Å². The van der Waals surface area contributed by atoms with E-state index in [4.69, 9.17) is 15.2 Å². The van der Waals surface area contributed by atoms with Gasteiger partial charge in [0.25, 0.3) is 0 Å². The lowest BCUT2D eigenvalue weighted by Gasteiger charge is -2.16. The molecule has 3 aromatic rings. The number of aliphatic hydroxyl groups is 2. The number of rotatable bonds is 7. The molecule has 1 aliphatic carbocycles. The van der Waals surface area contributed by atoms with Gasteiger partial charge in [0.2, 0.25) is 0 Å². The van der Waals surface area contributed by atoms with E-state index in [9.17, 15) is 13.6 Å². The van der Waals surface area contributed by atoms with E-state index >= 15 is 0 Å². The van der Waals surface area contributed by atoms with Crippen molar-refractivity contribution in [2.24, 2.45) is 5.41 Å². The molecule has 1 aliphatic heterocycles. The Kier molecular flexibility index (Phi) is 10.4. The molecule has 5 rings (SSSR count). The fraction of sp³-hybridized carbons (Fsp3) is 0.379. The SMILES string of the molecule is CC(C)(CO)CO.Cc1ccc(CC(=O)C2(c3ccc4c(c3)OC(F)(F)O4)CC2)nc1-c1ccc(S)cc1.O.O.[HH].[HH]. The molecule has 2 heterocycles. The van der Waals surface area contributed by atoms with Crippen LogP contribution in [0.4, 0.5) is 8.78 Å². The van der Waals surface area contributed by atoms with Gasteiger partial charge in [-0.15, -0.1) is 21.4 Å². The van der Waals surface area contributed by atoms with Crippen LogP contribution in [0, 0.1) is 12.3 Å². The van der Waals surface area contributed by atoms with Gasteiger partial charge < -0.3 is 30.6 Å². The number of carbonyl (C=O) groups is 1. The van der Waals surface area contributed by atoms with Crippen LogP contribution in [0.15, 0.2) is 59.5 Å². The first kappa shape index (κ1) is 33.1. The third-order valence-corrected chi connectivity index (χ3v) is 7.03. The van der Waals surface area contributed by atoms with Crippen LogP contribution in [0.25, 0.3) is 11.3 Å². The fourth-order valence-electron chi connectivity index (χ4n) is 4.06. The lowest BCUT2D eigenvalue weighted by Crippen LogP contribution is -2.26. The molecule has 8 nitrogen and oxygen atoms in total. The van der Waals surface area contributed by atoms with Crippen molar-refractivity contribution in [3.8, 4) is 22.8 Å². The standard InChI is InChI=1S/C24H19F2NO3S.C5H12O2.2H2O.2H2/c1-14-2-6-17(27-22(14)15-3-7-18(31)8-4-15)13-21(28)23(10-11-23)16-5-9-19-20(12-16)30-24(25,26)29-19;1-5(2,3-6)4-7;;;;/h2-9,12,31H,10-11,13H2,1H3;6-7H,3-4H2,1-2H3;2*1H2;2*1H. The van der Waals surface area contributed by atoms with Crippen LogP contribution in [0.3, 0.4) is 0 Å². The largest absolute Gasteiger partial charge is 0.586 e. The molecular formula is C29H39F2NO7S. The van der Waals surface area contributed by atoms with Gasteiger partial charge in [0.05, 0.1) is 24.3 Å². The van der Waals surface area contributed by atoms with Crippen molar-refractivity contribution in [2.45, 2.75) is 56.6 Å². The number of aromatic nitrogens is 1. The predicted molar refractivity (Wildman–Crippen MR) is 153 cm³/mol. The molecule has 2 aromatic carbocycles. The summed E-state index contributed by atoms with van der Waals surface area (Å²) in [7, 11) is 0. The zero-order valence-electron chi connectivity index (χ0n) is 22.5. The Hall–Kier alpha value is -3.09. The highest BCUT2D eigenvalue weighted by atomic mass is 32.1. The van der Waals surface area contributed by atoms with Crippen molar-refractivity contribution >= 4 is 18.4 Å². The second-order valence-electron chi connectivity index (χ2n) is 10.5. The van der Waals surface area contributed by atoms with Gasteiger partial charge in [0.15, 0.2) is 11.5 Å². The number of carbonyl (C=O) groups excluding carboxylic acids is 1. The average Bonchev–Trinajstić information content (AvgIpc) is 3.63. The third-order valence-electron chi connectivity index (χ3n) is 6.73. The van der Waals surface area contributed by atoms with Crippen molar-refractivity contribution in [3.63, 3.8) is 0 Å². The molecule has 0 unspecified atom stereocenters. The maximum atomic E-state index is 13.3. The van der Waals surface area contributed by atoms with Crippen molar-refractivity contribution in [1.82, 2.24) is 4.98 Å². The number of fused-ring (bicyclic) bond motifs is 1. The van der Waals surface area contributed by atoms with Crippen molar-refractivity contribution < 1.29 is 47.1 Å². The molecule has 0 radical (unpaired) electrons. The second kappa shape index (κ2) is 12.6. The topological polar surface area (TPSA) is 152 Å². The van der Waals surface area contributed by atoms with Gasteiger partial charge in [-0.05, 0) is 61.2 Å². The van der Waals surface area contributed by atoms with Crippen LogP contribution in [-0.2, 0) is 16.6 Å². The summed E-state index contributed by atoms with van der Waals surface area (Å²) in [5.74, 6) is -0.0369. The Morgan fingerprint density at radius 2 is 1.60 bits per heavy atom. The van der Waals surface area contributed by atoms with E-state index in [0.717, 1.165) is 21.7 Å². The zero-order chi connectivity index (χ0) is 27.7. The smallest absolute Gasteiger partial charge is 0.412 e. The summed E-state index contributed by atoms with van der Waals surface area (Å²) in [6, 6.07) is 16.1. The lowest BCUT2D eigenvalue weighted by molar-refractivity contribution is -0.286. The van der Waals surface area contributed by atoms with E-state index in [1.165, 1.54) is 12.1 Å². The first-order valence-electron chi connectivity index (χ1n) is 12.3. The predicted octanol–water partition coefficient (Wildman–Crippen LogP) is 4.35. The summed E-state index contributed by atoms with van der Waals surface area (Å²) in [4.78, 5) is 18.8. The summed E-state index contributed by atoms with van der Waals surface area (Å²) in [5, 5.41) is 16.9. The van der Waals surface area contributed by atoms with Crippen LogP contribution in [-0.4, -0.2) is 51.4 Å². The Morgan fingerprint density at radius 1 is 1.00 bits per heavy atom. The first-order chi connectivity index (χ1) is 17.9. The van der Waals surface area contributed by atoms with Gasteiger partial charge in [0.1, 0.15) is 5.78 Å². The molecule has 0 amide bonds. The minimum atomic E-state index is -3.67. The number of thiol groups is 1. The Balaban J connectivity index is 0.00000137. The number of aryl methyl sites for hydroxylation is 1. The summed E-state index contributed by atoms with van der Waals surface area (Å²) in [6.45, 7) is 5.67. The highest BCUT2D eigenvalue weighted by Gasteiger charge is 2.52. The number of ketones is 1. The molecule has 0 saturated heterocycles. The number of hydrogen-bond donors (Lipinski definition) is 3. The summed E-state index contributed by atoms with van der Waals surface area (Å²) in [6.07, 6.45) is -2.16. The maximum Gasteiger partial charge on any atom is 0.586 e. The number of alkyl halides is 2. The quantitative estimate of drug-likeness (QED) is 0.352. The van der Waals surface area contributed by atoms with Gasteiger partial charge >= 0.3 is 6.29 Å². The van der Waals surface area contributed by atoms with Gasteiger partial charge in [0, 0.05) is 30.8 Å². The molecule has 1 saturated carbocycles. The monoisotopic (exact) mass is 583 g/mol. The second-order valence-corrected chi connectivity index (χ2v) is 11.0. The fourth-order valence-corrected chi connectivity index (χ4v) is 4.21. The van der Waals surface area contributed by atoms with E-state index in [-0.39, 0.29) is 56.1 Å². The molecule has 40 heavy (non-hydrogen) atoms. The van der Waals surface area contributed by atoms with Gasteiger partial charge in [-0.1, -0.05) is 38.1 Å². The van der Waals surface area contributed by atoms with Crippen molar-refractivity contribution in [1.29, 1.82) is 0 Å². The number of hydrogen-bond acceptors (Lipinski definition) is 7. The summed E-state index contributed by atoms with van der Waals surface area (Å²) < 4.78 is 35.7. The number of halogens is 2. The molecule has 222 valence electrons. The molecule has 0 atom stereocenters. The molecule has 1 fully saturated rings. The third kappa shape index (κ3) is 7.35. The highest BCUT2D eigenvalue weighted by molar-refractivity contribution is 7.80. The molecule has 11 heteroatoms. The first-order valence-corrected chi connectivity index (χ1v) is 12.7. The Morgan fingerprint density at radius 3 is 2.15 bits per heavy atom. The van der Waals surface area contributed by atoms with E-state index in [0.29, 0.717) is 24.1 Å². The van der Waals surface area contributed by atoms with Crippen LogP contribution >= 0.6 is 12.6 Å². The van der Waals surface area contributed by atoms with Crippen LogP contribution < -0.4 is 9.47 Å². The molecular weight excluding hydrogens is 544 g/mol. The molecule has 0 spiro atoms. The lowest BCUT2D eigenvalue weighted by atomic mass is 9.88. The van der Waals surface area contributed by atoms with E-state index in [1.54, 1.807) is 19.9 Å².